The van der Waals surface area contributed by atoms with E-state index < -0.39 is 17.6 Å². The normalized spacial score (nSPS) is 18.6. The van der Waals surface area contributed by atoms with Gasteiger partial charge in [-0.15, -0.1) is 0 Å². The largest absolute Gasteiger partial charge is 0.423 e. The fourth-order valence-corrected chi connectivity index (χ4v) is 5.48. The maximum absolute atomic E-state index is 14.4. The van der Waals surface area contributed by atoms with Gasteiger partial charge in [-0.1, -0.05) is 61.5 Å². The van der Waals surface area contributed by atoms with Gasteiger partial charge in [0.1, 0.15) is 17.4 Å². The summed E-state index contributed by atoms with van der Waals surface area (Å²) in [7, 11) is 0. The monoisotopic (exact) mass is 502 g/mol. The average Bonchev–Trinajstić information content (AvgIpc) is 2.91. The molecule has 0 aliphatic heterocycles. The Hall–Kier alpha value is -3.27. The second-order valence-electron chi connectivity index (χ2n) is 10.2. The molecule has 0 amide bonds. The number of halogens is 2. The van der Waals surface area contributed by atoms with Gasteiger partial charge in [0.2, 0.25) is 0 Å². The van der Waals surface area contributed by atoms with Gasteiger partial charge in [-0.2, -0.15) is 0 Å². The second kappa shape index (κ2) is 12.8. The van der Waals surface area contributed by atoms with E-state index in [0.717, 1.165) is 30.9 Å². The number of ether oxygens (including phenoxy) is 1. The van der Waals surface area contributed by atoms with Crippen LogP contribution in [0.25, 0.3) is 0 Å². The number of benzene rings is 3. The summed E-state index contributed by atoms with van der Waals surface area (Å²) >= 11 is 0. The summed E-state index contributed by atoms with van der Waals surface area (Å²) in [6.07, 6.45) is 10.4. The Morgan fingerprint density at radius 1 is 0.973 bits per heavy atom. The Morgan fingerprint density at radius 2 is 1.62 bits per heavy atom. The Kier molecular flexibility index (Phi) is 9.27. The Morgan fingerprint density at radius 3 is 2.24 bits per heavy atom. The third-order valence-corrected chi connectivity index (χ3v) is 7.64. The van der Waals surface area contributed by atoms with Gasteiger partial charge < -0.3 is 4.74 Å². The predicted molar refractivity (Wildman–Crippen MR) is 145 cm³/mol. The van der Waals surface area contributed by atoms with Crippen molar-refractivity contribution < 1.29 is 18.3 Å². The summed E-state index contributed by atoms with van der Waals surface area (Å²) in [5.41, 5.74) is 3.02. The third-order valence-electron chi connectivity index (χ3n) is 7.64. The van der Waals surface area contributed by atoms with Crippen LogP contribution in [-0.4, -0.2) is 5.97 Å². The molecule has 3 aromatic carbocycles. The smallest absolute Gasteiger partial charge is 0.343 e. The number of hydrogen-bond acceptors (Lipinski definition) is 2. The summed E-state index contributed by atoms with van der Waals surface area (Å²) in [4.78, 5) is 12.6. The van der Waals surface area contributed by atoms with Crippen LogP contribution in [0.2, 0.25) is 0 Å². The van der Waals surface area contributed by atoms with Crippen LogP contribution in [0.3, 0.4) is 0 Å². The fraction of sp³-hybridized carbons (Fsp3) is 0.364. The van der Waals surface area contributed by atoms with E-state index in [9.17, 15) is 13.6 Å². The van der Waals surface area contributed by atoms with Gasteiger partial charge in [-0.3, -0.25) is 0 Å². The average molecular weight is 503 g/mol. The molecule has 1 aliphatic carbocycles. The Bertz CT molecular complexity index is 1170. The van der Waals surface area contributed by atoms with Crippen molar-refractivity contribution in [2.24, 2.45) is 5.92 Å². The number of carbonyl (C=O) groups excluding carboxylic acids is 1. The van der Waals surface area contributed by atoms with E-state index in [1.54, 1.807) is 12.1 Å². The minimum absolute atomic E-state index is 0.00601. The summed E-state index contributed by atoms with van der Waals surface area (Å²) in [6.45, 7) is 4.18. The first-order valence-corrected chi connectivity index (χ1v) is 13.4. The minimum Gasteiger partial charge on any atom is -0.423 e. The molecule has 0 aromatic heterocycles. The van der Waals surface area contributed by atoms with Crippen LogP contribution in [0, 0.1) is 17.6 Å². The quantitative estimate of drug-likeness (QED) is 0.166. The van der Waals surface area contributed by atoms with Gasteiger partial charge in [0.25, 0.3) is 0 Å². The molecule has 1 aliphatic rings. The topological polar surface area (TPSA) is 26.3 Å². The molecule has 2 nitrogen and oxygen atoms in total. The zero-order valence-corrected chi connectivity index (χ0v) is 21.8. The van der Waals surface area contributed by atoms with E-state index in [0.29, 0.717) is 23.8 Å². The highest BCUT2D eigenvalue weighted by Gasteiger charge is 2.24. The van der Waals surface area contributed by atoms with Crippen LogP contribution >= 0.6 is 0 Å². The maximum Gasteiger partial charge on any atom is 0.343 e. The zero-order chi connectivity index (χ0) is 26.2. The standard InChI is InChI=1S/C33H36F2O2/c1-3-4-6-11-30-31(34)21-29(22-32(30)35)37-33(36)28-18-16-27(17-19-28)26-14-12-24(13-15-26)20-23(2)25-9-7-5-8-10-25/h3-5,7-10,16-19,21-24,26H,6,11-15,20H2,1-2H3/b4-3+/t23-,24?,26?/m0/s1. The van der Waals surface area contributed by atoms with Crippen molar-refractivity contribution in [3.05, 3.63) is 113 Å². The lowest BCUT2D eigenvalue weighted by Gasteiger charge is -2.30. The van der Waals surface area contributed by atoms with E-state index >= 15 is 0 Å². The number of esters is 1. The third kappa shape index (κ3) is 7.15. The summed E-state index contributed by atoms with van der Waals surface area (Å²) in [5.74, 6) is -0.326. The molecule has 4 rings (SSSR count). The molecule has 0 radical (unpaired) electrons. The number of allylic oxidation sites excluding steroid dienone is 2. The highest BCUT2D eigenvalue weighted by molar-refractivity contribution is 5.91. The van der Waals surface area contributed by atoms with Crippen LogP contribution in [0.4, 0.5) is 8.78 Å². The van der Waals surface area contributed by atoms with Crippen molar-refractivity contribution in [2.45, 2.75) is 70.6 Å². The Labute approximate surface area is 219 Å². The van der Waals surface area contributed by atoms with Gasteiger partial charge in [-0.25, -0.2) is 13.6 Å². The van der Waals surface area contributed by atoms with Crippen LogP contribution in [0.5, 0.6) is 5.75 Å². The van der Waals surface area contributed by atoms with E-state index in [-0.39, 0.29) is 17.7 Å². The van der Waals surface area contributed by atoms with E-state index in [4.69, 9.17) is 4.74 Å². The van der Waals surface area contributed by atoms with Gasteiger partial charge in [0, 0.05) is 17.7 Å². The van der Waals surface area contributed by atoms with Crippen LogP contribution < -0.4 is 4.74 Å². The molecule has 1 saturated carbocycles. The van der Waals surface area contributed by atoms with Crippen molar-refractivity contribution in [1.82, 2.24) is 0 Å². The fourth-order valence-electron chi connectivity index (χ4n) is 5.48. The molecule has 0 N–H and O–H groups in total. The molecule has 1 fully saturated rings. The molecule has 0 unspecified atom stereocenters. The van der Waals surface area contributed by atoms with Crippen molar-refractivity contribution in [3.8, 4) is 5.75 Å². The van der Waals surface area contributed by atoms with Crippen LogP contribution in [0.15, 0.2) is 78.9 Å². The minimum atomic E-state index is -0.698. The first kappa shape index (κ1) is 26.8. The van der Waals surface area contributed by atoms with Crippen molar-refractivity contribution in [3.63, 3.8) is 0 Å². The summed E-state index contributed by atoms with van der Waals surface area (Å²) in [5, 5.41) is 0. The summed E-state index contributed by atoms with van der Waals surface area (Å²) < 4.78 is 34.0. The van der Waals surface area contributed by atoms with Gasteiger partial charge in [0.05, 0.1) is 5.56 Å². The Balaban J connectivity index is 1.30. The van der Waals surface area contributed by atoms with Crippen molar-refractivity contribution in [1.29, 1.82) is 0 Å². The molecular weight excluding hydrogens is 466 g/mol. The number of rotatable bonds is 9. The molecule has 194 valence electrons. The lowest BCUT2D eigenvalue weighted by atomic mass is 9.75. The van der Waals surface area contributed by atoms with Crippen molar-refractivity contribution >= 4 is 5.97 Å². The molecule has 0 bridgehead atoms. The van der Waals surface area contributed by atoms with Crippen molar-refractivity contribution in [2.75, 3.05) is 0 Å². The van der Waals surface area contributed by atoms with E-state index in [2.05, 4.69) is 37.3 Å². The van der Waals surface area contributed by atoms with Gasteiger partial charge in [-0.05, 0) is 92.9 Å². The van der Waals surface area contributed by atoms with Crippen LogP contribution in [0.1, 0.15) is 91.3 Å². The number of hydrogen-bond donors (Lipinski definition) is 0. The first-order valence-electron chi connectivity index (χ1n) is 13.4. The zero-order valence-electron chi connectivity index (χ0n) is 21.8. The second-order valence-corrected chi connectivity index (χ2v) is 10.2. The molecule has 0 saturated heterocycles. The molecule has 0 heterocycles. The molecule has 4 heteroatoms. The molecule has 1 atom stereocenters. The lowest BCUT2D eigenvalue weighted by Crippen LogP contribution is -2.15. The SMILES string of the molecule is C/C=C/CCc1c(F)cc(OC(=O)c2ccc(C3CCC(C[C@H](C)c4ccccc4)CC3)cc2)cc1F. The van der Waals surface area contributed by atoms with Gasteiger partial charge >= 0.3 is 5.97 Å². The highest BCUT2D eigenvalue weighted by Crippen LogP contribution is 2.39. The highest BCUT2D eigenvalue weighted by atomic mass is 19.1. The maximum atomic E-state index is 14.4. The number of carbonyl (C=O) groups is 1. The predicted octanol–water partition coefficient (Wildman–Crippen LogP) is 9.16. The van der Waals surface area contributed by atoms with E-state index in [1.165, 1.54) is 30.4 Å². The first-order chi connectivity index (χ1) is 17.9. The lowest BCUT2D eigenvalue weighted by molar-refractivity contribution is 0.0734. The summed E-state index contributed by atoms with van der Waals surface area (Å²) in [6, 6.07) is 20.4. The van der Waals surface area contributed by atoms with E-state index in [1.807, 2.05) is 31.2 Å². The molecule has 3 aromatic rings. The van der Waals surface area contributed by atoms with Crippen LogP contribution in [-0.2, 0) is 6.42 Å². The van der Waals surface area contributed by atoms with Gasteiger partial charge in [0.15, 0.2) is 0 Å². The molecule has 0 spiro atoms. The molecule has 37 heavy (non-hydrogen) atoms. The molecular formula is C33H36F2O2.